The van der Waals surface area contributed by atoms with Crippen molar-refractivity contribution < 1.29 is 9.59 Å². The van der Waals surface area contributed by atoms with Crippen LogP contribution in [0.4, 0.5) is 5.69 Å². The number of amidine groups is 1. The van der Waals surface area contributed by atoms with Gasteiger partial charge in [0.05, 0.1) is 11.3 Å². The van der Waals surface area contributed by atoms with Crippen LogP contribution in [0.3, 0.4) is 0 Å². The predicted molar refractivity (Wildman–Crippen MR) is 88.7 cm³/mol. The van der Waals surface area contributed by atoms with E-state index in [1.165, 1.54) is 4.90 Å². The van der Waals surface area contributed by atoms with E-state index in [1.807, 2.05) is 7.05 Å². The molecule has 0 unspecified atom stereocenters. The van der Waals surface area contributed by atoms with Crippen LogP contribution in [0.15, 0.2) is 23.3 Å². The van der Waals surface area contributed by atoms with Crippen LogP contribution in [0.25, 0.3) is 0 Å². The first-order valence-electron chi connectivity index (χ1n) is 7.36. The zero-order valence-corrected chi connectivity index (χ0v) is 13.8. The zero-order chi connectivity index (χ0) is 16.6. The number of benzene rings is 1. The molecular weight excluding hydrogens is 318 g/mol. The summed E-state index contributed by atoms with van der Waals surface area (Å²) in [4.78, 5) is 30.5. The standard InChI is InChI=1S/C15H18ClN5O2/c1-19-5-7-21(8-6-19)15(23)13-18-17-12-4-3-10(16)9-11(12)14(22)20(13)2/h3-4,9,17H,5-8H2,1-2H3. The highest BCUT2D eigenvalue weighted by atomic mass is 35.5. The van der Waals surface area contributed by atoms with E-state index in [0.717, 1.165) is 13.1 Å². The summed E-state index contributed by atoms with van der Waals surface area (Å²) in [7, 11) is 3.56. The van der Waals surface area contributed by atoms with Gasteiger partial charge in [0.1, 0.15) is 0 Å². The maximum Gasteiger partial charge on any atom is 0.291 e. The van der Waals surface area contributed by atoms with E-state index in [-0.39, 0.29) is 17.6 Å². The second-order valence-electron chi connectivity index (χ2n) is 5.70. The molecule has 1 fully saturated rings. The number of anilines is 1. The summed E-state index contributed by atoms with van der Waals surface area (Å²) < 4.78 is 0. The smallest absolute Gasteiger partial charge is 0.291 e. The van der Waals surface area contributed by atoms with Gasteiger partial charge in [-0.15, -0.1) is 0 Å². The molecule has 1 N–H and O–H groups in total. The van der Waals surface area contributed by atoms with Gasteiger partial charge in [-0.3, -0.25) is 19.9 Å². The highest BCUT2D eigenvalue weighted by Crippen LogP contribution is 2.24. The highest BCUT2D eigenvalue weighted by molar-refractivity contribution is 6.41. The van der Waals surface area contributed by atoms with Gasteiger partial charge in [0.15, 0.2) is 0 Å². The molecule has 0 aliphatic carbocycles. The highest BCUT2D eigenvalue weighted by Gasteiger charge is 2.31. The Bertz CT molecular complexity index is 682. The SMILES string of the molecule is CN1CCN(C(=O)C2=NNc3ccc(Cl)cc3C(=O)N2C)CC1. The van der Waals surface area contributed by atoms with Crippen LogP contribution in [-0.4, -0.2) is 72.6 Å². The fourth-order valence-electron chi connectivity index (χ4n) is 2.60. The van der Waals surface area contributed by atoms with Gasteiger partial charge >= 0.3 is 0 Å². The molecule has 8 heteroatoms. The number of hydrogen-bond donors (Lipinski definition) is 1. The largest absolute Gasteiger partial charge is 0.333 e. The van der Waals surface area contributed by atoms with Crippen LogP contribution in [0.1, 0.15) is 10.4 Å². The van der Waals surface area contributed by atoms with E-state index in [2.05, 4.69) is 15.4 Å². The molecule has 1 aromatic carbocycles. The average Bonchev–Trinajstić information content (AvgIpc) is 2.66. The number of carbonyl (C=O) groups excluding carboxylic acids is 2. The maximum atomic E-state index is 12.7. The average molecular weight is 336 g/mol. The Morgan fingerprint density at radius 2 is 1.91 bits per heavy atom. The van der Waals surface area contributed by atoms with E-state index in [4.69, 9.17) is 11.6 Å². The second-order valence-corrected chi connectivity index (χ2v) is 6.13. The Morgan fingerprint density at radius 3 is 2.61 bits per heavy atom. The summed E-state index contributed by atoms with van der Waals surface area (Å²) in [5, 5.41) is 4.60. The van der Waals surface area contributed by atoms with Crippen molar-refractivity contribution in [1.82, 2.24) is 14.7 Å². The lowest BCUT2D eigenvalue weighted by atomic mass is 10.1. The third-order valence-electron chi connectivity index (χ3n) is 4.10. The summed E-state index contributed by atoms with van der Waals surface area (Å²) in [5.74, 6) is -0.471. The van der Waals surface area contributed by atoms with Crippen molar-refractivity contribution in [1.29, 1.82) is 0 Å². The second kappa shape index (κ2) is 6.17. The van der Waals surface area contributed by atoms with Gasteiger partial charge in [0.2, 0.25) is 5.84 Å². The number of nitrogens with zero attached hydrogens (tertiary/aromatic N) is 4. The Hall–Kier alpha value is -2.12. The van der Waals surface area contributed by atoms with Gasteiger partial charge in [-0.2, -0.15) is 5.10 Å². The summed E-state index contributed by atoms with van der Waals surface area (Å²) in [5.41, 5.74) is 3.73. The number of halogens is 1. The molecule has 23 heavy (non-hydrogen) atoms. The van der Waals surface area contributed by atoms with Crippen molar-refractivity contribution in [2.45, 2.75) is 0 Å². The molecule has 0 radical (unpaired) electrons. The summed E-state index contributed by atoms with van der Waals surface area (Å²) in [6, 6.07) is 4.92. The van der Waals surface area contributed by atoms with Crippen molar-refractivity contribution in [2.75, 3.05) is 45.7 Å². The number of hydrazone groups is 1. The fraction of sp³-hybridized carbons (Fsp3) is 0.400. The minimum atomic E-state index is -0.311. The van der Waals surface area contributed by atoms with Gasteiger partial charge in [-0.05, 0) is 25.2 Å². The molecule has 0 bridgehead atoms. The number of piperazine rings is 1. The summed E-state index contributed by atoms with van der Waals surface area (Å²) in [6.45, 7) is 2.85. The monoisotopic (exact) mass is 335 g/mol. The van der Waals surface area contributed by atoms with Crippen LogP contribution in [0.2, 0.25) is 5.02 Å². The molecule has 2 aliphatic rings. The Balaban J connectivity index is 1.86. The molecule has 0 aromatic heterocycles. The number of nitrogens with one attached hydrogen (secondary N) is 1. The number of carbonyl (C=O) groups is 2. The third kappa shape index (κ3) is 3.02. The molecule has 122 valence electrons. The van der Waals surface area contributed by atoms with E-state index < -0.39 is 0 Å². The van der Waals surface area contributed by atoms with Crippen LogP contribution >= 0.6 is 11.6 Å². The minimum absolute atomic E-state index is 0.0897. The van der Waals surface area contributed by atoms with Crippen molar-refractivity contribution in [2.24, 2.45) is 5.10 Å². The van der Waals surface area contributed by atoms with E-state index >= 15 is 0 Å². The molecule has 1 aromatic rings. The van der Waals surface area contributed by atoms with Crippen molar-refractivity contribution in [3.63, 3.8) is 0 Å². The van der Waals surface area contributed by atoms with Crippen molar-refractivity contribution in [3.8, 4) is 0 Å². The summed E-state index contributed by atoms with van der Waals surface area (Å²) in [6.07, 6.45) is 0. The number of likely N-dealkylation sites (N-methyl/N-ethyl adjacent to an activating group) is 2. The van der Waals surface area contributed by atoms with Gasteiger partial charge < -0.3 is 9.80 Å². The molecule has 2 heterocycles. The Kier molecular flexibility index (Phi) is 4.23. The first-order chi connectivity index (χ1) is 11.0. The molecule has 0 spiro atoms. The molecule has 7 nitrogen and oxygen atoms in total. The van der Waals surface area contributed by atoms with E-state index in [1.54, 1.807) is 30.1 Å². The van der Waals surface area contributed by atoms with Gasteiger partial charge in [0, 0.05) is 38.2 Å². The predicted octanol–water partition coefficient (Wildman–Crippen LogP) is 0.925. The molecular formula is C15H18ClN5O2. The first kappa shape index (κ1) is 15.8. The zero-order valence-electron chi connectivity index (χ0n) is 13.0. The fourth-order valence-corrected chi connectivity index (χ4v) is 2.77. The first-order valence-corrected chi connectivity index (χ1v) is 7.74. The van der Waals surface area contributed by atoms with Crippen LogP contribution in [0.5, 0.6) is 0 Å². The maximum absolute atomic E-state index is 12.7. The lowest BCUT2D eigenvalue weighted by molar-refractivity contribution is -0.126. The van der Waals surface area contributed by atoms with Crippen LogP contribution in [-0.2, 0) is 4.79 Å². The van der Waals surface area contributed by atoms with Crippen LogP contribution < -0.4 is 5.43 Å². The molecule has 1 saturated heterocycles. The molecule has 3 rings (SSSR count). The van der Waals surface area contributed by atoms with Gasteiger partial charge in [0.25, 0.3) is 11.8 Å². The van der Waals surface area contributed by atoms with E-state index in [9.17, 15) is 9.59 Å². The minimum Gasteiger partial charge on any atom is -0.333 e. The molecule has 2 amide bonds. The normalized spacial score (nSPS) is 18.9. The lowest BCUT2D eigenvalue weighted by Crippen LogP contribution is -2.52. The molecule has 2 aliphatic heterocycles. The van der Waals surface area contributed by atoms with Crippen molar-refractivity contribution in [3.05, 3.63) is 28.8 Å². The number of hydrogen-bond acceptors (Lipinski definition) is 5. The van der Waals surface area contributed by atoms with E-state index in [0.29, 0.717) is 29.4 Å². The van der Waals surface area contributed by atoms with Gasteiger partial charge in [-0.1, -0.05) is 11.6 Å². The third-order valence-corrected chi connectivity index (χ3v) is 4.33. The Morgan fingerprint density at radius 1 is 1.22 bits per heavy atom. The lowest BCUT2D eigenvalue weighted by Gasteiger charge is -2.33. The number of rotatable bonds is 1. The topological polar surface area (TPSA) is 68.2 Å². The number of amides is 2. The summed E-state index contributed by atoms with van der Waals surface area (Å²) >= 11 is 5.96. The van der Waals surface area contributed by atoms with Crippen LogP contribution in [0, 0.1) is 0 Å². The quantitative estimate of drug-likeness (QED) is 0.829. The van der Waals surface area contributed by atoms with Crippen molar-refractivity contribution >= 4 is 34.9 Å². The molecule has 0 saturated carbocycles. The van der Waals surface area contributed by atoms with Gasteiger partial charge in [-0.25, -0.2) is 0 Å². The Labute approximate surface area is 139 Å². The number of fused-ring (bicyclic) bond motifs is 1. The molecule has 0 atom stereocenters.